The van der Waals surface area contributed by atoms with Gasteiger partial charge >= 0.3 is 6.18 Å². The van der Waals surface area contributed by atoms with Crippen molar-refractivity contribution in [3.63, 3.8) is 0 Å². The summed E-state index contributed by atoms with van der Waals surface area (Å²) >= 11 is 0. The van der Waals surface area contributed by atoms with Crippen LogP contribution in [0.1, 0.15) is 12.0 Å². The fourth-order valence-corrected chi connectivity index (χ4v) is 4.01. The highest BCUT2D eigenvalue weighted by molar-refractivity contribution is 7.89. The molecule has 9 heteroatoms. The highest BCUT2D eigenvalue weighted by Crippen LogP contribution is 2.35. The lowest BCUT2D eigenvalue weighted by Gasteiger charge is -2.22. The average molecular weight is 340 g/mol. The fraction of sp³-hybridized carbons (Fsp3) is 0.538. The van der Waals surface area contributed by atoms with Gasteiger partial charge in [0.2, 0.25) is 10.0 Å². The number of nitrogens with zero attached hydrogens (tertiary/aromatic N) is 2. The minimum Gasteiger partial charge on any atom is -0.305 e. The lowest BCUT2D eigenvalue weighted by atomic mass is 10.2. The molecule has 0 spiro atoms. The van der Waals surface area contributed by atoms with Crippen molar-refractivity contribution in [1.82, 2.24) is 9.21 Å². The van der Waals surface area contributed by atoms with Crippen LogP contribution in [-0.2, 0) is 16.2 Å². The summed E-state index contributed by atoms with van der Waals surface area (Å²) in [6.07, 6.45) is -4.41. The van der Waals surface area contributed by atoms with Crippen LogP contribution in [0, 0.1) is 5.82 Å². The topological polar surface area (TPSA) is 40.6 Å². The minimum atomic E-state index is -4.94. The van der Waals surface area contributed by atoms with Crippen LogP contribution in [0.4, 0.5) is 17.6 Å². The number of sulfonamides is 1. The molecule has 2 rings (SSSR count). The normalized spacial score (nSPS) is 19.1. The minimum absolute atomic E-state index is 0.105. The molecule has 0 amide bonds. The third-order valence-corrected chi connectivity index (χ3v) is 5.50. The van der Waals surface area contributed by atoms with Crippen LogP contribution >= 0.6 is 0 Å². The largest absolute Gasteiger partial charge is 0.417 e. The summed E-state index contributed by atoms with van der Waals surface area (Å²) in [5.74, 6) is -1.12. The molecule has 1 aliphatic heterocycles. The summed E-state index contributed by atoms with van der Waals surface area (Å²) in [7, 11) is -2.50. The van der Waals surface area contributed by atoms with Gasteiger partial charge in [-0.2, -0.15) is 17.5 Å². The Morgan fingerprint density at radius 1 is 1.09 bits per heavy atom. The predicted octanol–water partition coefficient (Wildman–Crippen LogP) is 2.17. The second kappa shape index (κ2) is 6.13. The molecule has 1 saturated heterocycles. The zero-order valence-corrected chi connectivity index (χ0v) is 12.7. The highest BCUT2D eigenvalue weighted by atomic mass is 32.2. The molecule has 0 aromatic heterocycles. The van der Waals surface area contributed by atoms with Gasteiger partial charge in [0.05, 0.1) is 10.5 Å². The summed E-state index contributed by atoms with van der Waals surface area (Å²) in [4.78, 5) is 1.01. The van der Waals surface area contributed by atoms with Crippen molar-refractivity contribution < 1.29 is 26.0 Å². The Hall–Kier alpha value is -1.19. The van der Waals surface area contributed by atoms with E-state index in [1.54, 1.807) is 0 Å². The summed E-state index contributed by atoms with van der Waals surface area (Å²) < 4.78 is 78.2. The third kappa shape index (κ3) is 3.58. The molecule has 4 nitrogen and oxygen atoms in total. The van der Waals surface area contributed by atoms with E-state index in [-0.39, 0.29) is 19.2 Å². The number of likely N-dealkylation sites (N-methyl/N-ethyl adjacent to an activating group) is 1. The van der Waals surface area contributed by atoms with Crippen molar-refractivity contribution in [2.45, 2.75) is 17.5 Å². The van der Waals surface area contributed by atoms with Gasteiger partial charge in [-0.05, 0) is 38.2 Å². The lowest BCUT2D eigenvalue weighted by Crippen LogP contribution is -2.35. The second-order valence-corrected chi connectivity index (χ2v) is 7.11. The number of benzene rings is 1. The first kappa shape index (κ1) is 17.2. The SMILES string of the molecule is CN1CCCN(S(=O)(=O)c2ccc(F)cc2C(F)(F)F)CC1. The van der Waals surface area contributed by atoms with Gasteiger partial charge in [-0.15, -0.1) is 0 Å². The van der Waals surface area contributed by atoms with Crippen molar-refractivity contribution in [3.8, 4) is 0 Å². The number of hydrogen-bond donors (Lipinski definition) is 0. The van der Waals surface area contributed by atoms with E-state index in [1.165, 1.54) is 0 Å². The smallest absolute Gasteiger partial charge is 0.305 e. The van der Waals surface area contributed by atoms with E-state index in [9.17, 15) is 26.0 Å². The average Bonchev–Trinajstić information content (AvgIpc) is 2.62. The second-order valence-electron chi connectivity index (χ2n) is 5.20. The Morgan fingerprint density at radius 3 is 2.41 bits per heavy atom. The molecule has 0 bridgehead atoms. The van der Waals surface area contributed by atoms with E-state index < -0.39 is 32.5 Å². The number of hydrogen-bond acceptors (Lipinski definition) is 3. The molecule has 0 aliphatic carbocycles. The number of halogens is 4. The lowest BCUT2D eigenvalue weighted by molar-refractivity contribution is -0.140. The van der Waals surface area contributed by atoms with Crippen molar-refractivity contribution in [3.05, 3.63) is 29.6 Å². The number of alkyl halides is 3. The fourth-order valence-electron chi connectivity index (χ4n) is 2.35. The summed E-state index contributed by atoms with van der Waals surface area (Å²) in [5, 5.41) is 0. The molecule has 1 aliphatic rings. The van der Waals surface area contributed by atoms with Gasteiger partial charge in [-0.25, -0.2) is 12.8 Å². The van der Waals surface area contributed by atoms with Crippen LogP contribution < -0.4 is 0 Å². The molecule has 1 aromatic carbocycles. The maximum absolute atomic E-state index is 13.1. The molecule has 0 saturated carbocycles. The molecular weight excluding hydrogens is 324 g/mol. The van der Waals surface area contributed by atoms with Gasteiger partial charge in [-0.1, -0.05) is 0 Å². The van der Waals surface area contributed by atoms with Crippen LogP contribution in [0.2, 0.25) is 0 Å². The first-order valence-electron chi connectivity index (χ1n) is 6.68. The van der Waals surface area contributed by atoms with Crippen molar-refractivity contribution in [2.75, 3.05) is 33.2 Å². The summed E-state index contributed by atoms with van der Waals surface area (Å²) in [6.45, 7) is 1.35. The molecule has 0 atom stereocenters. The van der Waals surface area contributed by atoms with Gasteiger partial charge in [0.1, 0.15) is 5.82 Å². The Morgan fingerprint density at radius 2 is 1.77 bits per heavy atom. The first-order valence-corrected chi connectivity index (χ1v) is 8.12. The zero-order chi connectivity index (χ0) is 16.5. The molecule has 22 heavy (non-hydrogen) atoms. The van der Waals surface area contributed by atoms with E-state index in [2.05, 4.69) is 0 Å². The van der Waals surface area contributed by atoms with Gasteiger partial charge < -0.3 is 4.90 Å². The highest BCUT2D eigenvalue weighted by Gasteiger charge is 2.39. The van der Waals surface area contributed by atoms with Crippen LogP contribution in [0.15, 0.2) is 23.1 Å². The number of rotatable bonds is 2. The van der Waals surface area contributed by atoms with Gasteiger partial charge in [0.25, 0.3) is 0 Å². The molecule has 1 aromatic rings. The summed E-state index contributed by atoms with van der Waals surface area (Å²) in [6, 6.07) is 1.63. The van der Waals surface area contributed by atoms with Crippen molar-refractivity contribution >= 4 is 10.0 Å². The van der Waals surface area contributed by atoms with Crippen LogP contribution in [0.3, 0.4) is 0 Å². The standard InChI is InChI=1S/C13H16F4N2O2S/c1-18-5-2-6-19(8-7-18)22(20,21)12-4-3-10(14)9-11(12)13(15,16)17/h3-4,9H,2,5-8H2,1H3. The molecule has 0 N–H and O–H groups in total. The van der Waals surface area contributed by atoms with Crippen LogP contribution in [0.5, 0.6) is 0 Å². The maximum Gasteiger partial charge on any atom is 0.417 e. The van der Waals surface area contributed by atoms with Crippen molar-refractivity contribution in [2.24, 2.45) is 0 Å². The van der Waals surface area contributed by atoms with E-state index in [4.69, 9.17) is 0 Å². The Kier molecular flexibility index (Phi) is 4.78. The van der Waals surface area contributed by atoms with Gasteiger partial charge in [0, 0.05) is 19.6 Å². The Bertz CT molecular complexity index is 646. The maximum atomic E-state index is 13.1. The molecule has 124 valence electrons. The van der Waals surface area contributed by atoms with E-state index >= 15 is 0 Å². The molecular formula is C13H16F4N2O2S. The zero-order valence-electron chi connectivity index (χ0n) is 11.9. The van der Waals surface area contributed by atoms with Crippen molar-refractivity contribution in [1.29, 1.82) is 0 Å². The van der Waals surface area contributed by atoms with E-state index in [1.807, 2.05) is 11.9 Å². The molecule has 0 radical (unpaired) electrons. The van der Waals surface area contributed by atoms with Gasteiger partial charge in [-0.3, -0.25) is 0 Å². The molecule has 0 unspecified atom stereocenters. The third-order valence-electron chi connectivity index (χ3n) is 3.54. The van der Waals surface area contributed by atoms with E-state index in [0.29, 0.717) is 25.6 Å². The first-order chi connectivity index (χ1) is 10.1. The molecule has 1 fully saturated rings. The van der Waals surface area contributed by atoms with Crippen LogP contribution in [0.25, 0.3) is 0 Å². The monoisotopic (exact) mass is 340 g/mol. The van der Waals surface area contributed by atoms with Gasteiger partial charge in [0.15, 0.2) is 0 Å². The van der Waals surface area contributed by atoms with Crippen LogP contribution in [-0.4, -0.2) is 50.8 Å². The Labute approximate surface area is 126 Å². The Balaban J connectivity index is 2.45. The summed E-state index contributed by atoms with van der Waals surface area (Å²) in [5.41, 5.74) is -1.47. The molecule has 1 heterocycles. The van der Waals surface area contributed by atoms with E-state index in [0.717, 1.165) is 10.4 Å². The quantitative estimate of drug-likeness (QED) is 0.775. The predicted molar refractivity (Wildman–Crippen MR) is 72.3 cm³/mol.